The fourth-order valence-corrected chi connectivity index (χ4v) is 1.92. The minimum Gasteiger partial charge on any atom is -0.329 e. The van der Waals surface area contributed by atoms with E-state index in [4.69, 9.17) is 11.6 Å². The van der Waals surface area contributed by atoms with Crippen molar-refractivity contribution in [3.63, 3.8) is 0 Å². The lowest BCUT2D eigenvalue weighted by Gasteiger charge is -2.20. The van der Waals surface area contributed by atoms with Gasteiger partial charge in [0.05, 0.1) is 5.56 Å². The van der Waals surface area contributed by atoms with Gasteiger partial charge in [0.15, 0.2) is 6.29 Å². The van der Waals surface area contributed by atoms with Gasteiger partial charge in [-0.25, -0.2) is 9.97 Å². The Balaban J connectivity index is 2.54. The Morgan fingerprint density at radius 2 is 1.89 bits per heavy atom. The van der Waals surface area contributed by atoms with Crippen molar-refractivity contribution in [3.05, 3.63) is 46.9 Å². The fourth-order valence-electron chi connectivity index (χ4n) is 1.66. The van der Waals surface area contributed by atoms with E-state index in [1.165, 1.54) is 0 Å². The first-order chi connectivity index (χ1) is 8.63. The van der Waals surface area contributed by atoms with E-state index in [-0.39, 0.29) is 5.15 Å². The maximum atomic E-state index is 11.1. The van der Waals surface area contributed by atoms with Crippen molar-refractivity contribution in [1.82, 2.24) is 9.97 Å². The van der Waals surface area contributed by atoms with Crippen LogP contribution in [0.5, 0.6) is 0 Å². The van der Waals surface area contributed by atoms with Crippen LogP contribution in [0.1, 0.15) is 16.2 Å². The number of hydrogen-bond donors (Lipinski definition) is 0. The molecule has 1 aromatic carbocycles. The van der Waals surface area contributed by atoms with Crippen LogP contribution in [0.2, 0.25) is 5.15 Å². The number of anilines is 2. The van der Waals surface area contributed by atoms with Gasteiger partial charge < -0.3 is 4.90 Å². The van der Waals surface area contributed by atoms with E-state index < -0.39 is 0 Å². The molecule has 0 amide bonds. The van der Waals surface area contributed by atoms with Gasteiger partial charge >= 0.3 is 0 Å². The molecule has 0 unspecified atom stereocenters. The third-order valence-electron chi connectivity index (χ3n) is 2.57. The minimum atomic E-state index is 0.176. The van der Waals surface area contributed by atoms with Gasteiger partial charge in [0.1, 0.15) is 16.8 Å². The molecule has 92 valence electrons. The summed E-state index contributed by atoms with van der Waals surface area (Å²) in [4.78, 5) is 21.2. The Morgan fingerprint density at radius 3 is 2.50 bits per heavy atom. The molecule has 0 N–H and O–H groups in total. The van der Waals surface area contributed by atoms with E-state index in [0.717, 1.165) is 5.69 Å². The first-order valence-electron chi connectivity index (χ1n) is 5.41. The number of aryl methyl sites for hydroxylation is 1. The quantitative estimate of drug-likeness (QED) is 0.629. The number of halogens is 1. The van der Waals surface area contributed by atoms with Gasteiger partial charge in [-0.3, -0.25) is 4.79 Å². The van der Waals surface area contributed by atoms with Crippen LogP contribution in [0, 0.1) is 6.92 Å². The summed E-state index contributed by atoms with van der Waals surface area (Å²) in [6.45, 7) is 1.74. The number of benzene rings is 1. The van der Waals surface area contributed by atoms with Crippen molar-refractivity contribution >= 4 is 29.4 Å². The molecule has 0 saturated heterocycles. The second-order valence-electron chi connectivity index (χ2n) is 3.81. The zero-order valence-corrected chi connectivity index (χ0v) is 10.8. The largest absolute Gasteiger partial charge is 0.329 e. The molecule has 0 aliphatic carbocycles. The van der Waals surface area contributed by atoms with Gasteiger partial charge in [0.25, 0.3) is 0 Å². The lowest BCUT2D eigenvalue weighted by Crippen LogP contribution is -2.15. The average Bonchev–Trinajstić information content (AvgIpc) is 2.38. The monoisotopic (exact) mass is 261 g/mol. The van der Waals surface area contributed by atoms with E-state index in [0.29, 0.717) is 23.5 Å². The van der Waals surface area contributed by atoms with E-state index in [1.807, 2.05) is 42.3 Å². The molecular weight excluding hydrogens is 250 g/mol. The first-order valence-corrected chi connectivity index (χ1v) is 5.79. The first kappa shape index (κ1) is 12.5. The minimum absolute atomic E-state index is 0.176. The second-order valence-corrected chi connectivity index (χ2v) is 4.17. The summed E-state index contributed by atoms with van der Waals surface area (Å²) in [5.74, 6) is 1.04. The van der Waals surface area contributed by atoms with Crippen molar-refractivity contribution in [2.24, 2.45) is 0 Å². The van der Waals surface area contributed by atoms with Gasteiger partial charge in [-0.2, -0.15) is 0 Å². The summed E-state index contributed by atoms with van der Waals surface area (Å²) >= 11 is 5.96. The van der Waals surface area contributed by atoms with E-state index >= 15 is 0 Å². The number of nitrogens with zero attached hydrogens (tertiary/aromatic N) is 3. The highest BCUT2D eigenvalue weighted by Crippen LogP contribution is 2.27. The molecule has 0 fully saturated rings. The number of aldehydes is 1. The maximum Gasteiger partial charge on any atom is 0.156 e. The Hall–Kier alpha value is -1.94. The fraction of sp³-hybridized carbons (Fsp3) is 0.154. The highest BCUT2D eigenvalue weighted by atomic mass is 35.5. The molecule has 4 nitrogen and oxygen atoms in total. The Labute approximate surface area is 110 Å². The summed E-state index contributed by atoms with van der Waals surface area (Å²) in [6, 6.07) is 9.63. The Kier molecular flexibility index (Phi) is 3.58. The summed E-state index contributed by atoms with van der Waals surface area (Å²) in [5, 5.41) is 0.176. The Bertz CT molecular complexity index is 572. The van der Waals surface area contributed by atoms with Crippen LogP contribution in [-0.4, -0.2) is 23.3 Å². The molecule has 0 radical (unpaired) electrons. The van der Waals surface area contributed by atoms with Gasteiger partial charge in [-0.05, 0) is 19.1 Å². The molecule has 0 atom stereocenters. The lowest BCUT2D eigenvalue weighted by molar-refractivity contribution is 0.112. The molecule has 0 spiro atoms. The van der Waals surface area contributed by atoms with Crippen LogP contribution in [0.15, 0.2) is 30.3 Å². The molecule has 0 aliphatic heterocycles. The SMILES string of the molecule is Cc1nc(Cl)c(C=O)c(N(C)c2ccccc2)n1. The number of rotatable bonds is 3. The molecular formula is C13H12ClN3O. The van der Waals surface area contributed by atoms with Crippen LogP contribution in [-0.2, 0) is 0 Å². The predicted molar refractivity (Wildman–Crippen MR) is 71.7 cm³/mol. The predicted octanol–water partition coefficient (Wildman–Crippen LogP) is 3.02. The molecule has 1 heterocycles. The second kappa shape index (κ2) is 5.14. The Morgan fingerprint density at radius 1 is 1.22 bits per heavy atom. The number of aromatic nitrogens is 2. The standard InChI is InChI=1S/C13H12ClN3O/c1-9-15-12(14)11(8-18)13(16-9)17(2)10-6-4-3-5-7-10/h3-8H,1-2H3. The highest BCUT2D eigenvalue weighted by Gasteiger charge is 2.15. The average molecular weight is 262 g/mol. The van der Waals surface area contributed by atoms with Gasteiger partial charge in [-0.1, -0.05) is 29.8 Å². The molecule has 1 aromatic heterocycles. The van der Waals surface area contributed by atoms with Crippen LogP contribution in [0.25, 0.3) is 0 Å². The molecule has 2 rings (SSSR count). The zero-order valence-electron chi connectivity index (χ0n) is 10.1. The summed E-state index contributed by atoms with van der Waals surface area (Å²) in [7, 11) is 1.83. The van der Waals surface area contributed by atoms with Gasteiger partial charge in [0.2, 0.25) is 0 Å². The number of hydrogen-bond acceptors (Lipinski definition) is 4. The van der Waals surface area contributed by atoms with E-state index in [2.05, 4.69) is 9.97 Å². The zero-order chi connectivity index (χ0) is 13.1. The van der Waals surface area contributed by atoms with Gasteiger partial charge in [0, 0.05) is 12.7 Å². The van der Waals surface area contributed by atoms with E-state index in [1.54, 1.807) is 6.92 Å². The van der Waals surface area contributed by atoms with Gasteiger partial charge in [-0.15, -0.1) is 0 Å². The van der Waals surface area contributed by atoms with E-state index in [9.17, 15) is 4.79 Å². The topological polar surface area (TPSA) is 46.1 Å². The number of carbonyl (C=O) groups is 1. The van der Waals surface area contributed by atoms with Crippen LogP contribution in [0.3, 0.4) is 0 Å². The smallest absolute Gasteiger partial charge is 0.156 e. The number of para-hydroxylation sites is 1. The maximum absolute atomic E-state index is 11.1. The molecule has 5 heteroatoms. The van der Waals surface area contributed by atoms with Crippen molar-refractivity contribution < 1.29 is 4.79 Å². The summed E-state index contributed by atoms with van der Waals surface area (Å²) in [6.07, 6.45) is 0.677. The van der Waals surface area contributed by atoms with Crippen molar-refractivity contribution in [1.29, 1.82) is 0 Å². The lowest BCUT2D eigenvalue weighted by atomic mass is 10.2. The molecule has 2 aromatic rings. The highest BCUT2D eigenvalue weighted by molar-refractivity contribution is 6.32. The molecule has 18 heavy (non-hydrogen) atoms. The third-order valence-corrected chi connectivity index (χ3v) is 2.86. The van der Waals surface area contributed by atoms with Crippen LogP contribution < -0.4 is 4.90 Å². The normalized spacial score (nSPS) is 10.2. The van der Waals surface area contributed by atoms with Crippen LogP contribution >= 0.6 is 11.6 Å². The van der Waals surface area contributed by atoms with Crippen molar-refractivity contribution in [2.75, 3.05) is 11.9 Å². The van der Waals surface area contributed by atoms with Crippen LogP contribution in [0.4, 0.5) is 11.5 Å². The summed E-state index contributed by atoms with van der Waals surface area (Å²) < 4.78 is 0. The molecule has 0 saturated carbocycles. The third kappa shape index (κ3) is 2.33. The number of carbonyl (C=O) groups excluding carboxylic acids is 1. The van der Waals surface area contributed by atoms with Crippen molar-refractivity contribution in [3.8, 4) is 0 Å². The summed E-state index contributed by atoms with van der Waals surface area (Å²) in [5.41, 5.74) is 1.23. The van der Waals surface area contributed by atoms with Crippen molar-refractivity contribution in [2.45, 2.75) is 6.92 Å². The molecule has 0 aliphatic rings. The molecule has 0 bridgehead atoms.